The predicted molar refractivity (Wildman–Crippen MR) is 144 cm³/mol. The number of anilines is 1. The van der Waals surface area contributed by atoms with Crippen LogP contribution in [-0.4, -0.2) is 56.1 Å². The highest BCUT2D eigenvalue weighted by molar-refractivity contribution is 6.46. The standard InChI is InChI=1S/C30H32N2O5/c1-20-6-5-7-21(18-20)19-37-25-14-10-23(11-15-25)28(33)26-27(22-8-12-24(13-9-22)31(2)3)32(16-17-36-4)30(35)29(26)34/h5-15,18,27,33H,16-17,19H2,1-4H3/b28-26+. The molecule has 3 aromatic rings. The van der Waals surface area contributed by atoms with Crippen molar-refractivity contribution in [2.75, 3.05) is 39.3 Å². The molecule has 192 valence electrons. The van der Waals surface area contributed by atoms with Crippen molar-refractivity contribution < 1.29 is 24.2 Å². The van der Waals surface area contributed by atoms with Crippen LogP contribution in [-0.2, 0) is 20.9 Å². The Balaban J connectivity index is 1.64. The number of rotatable bonds is 9. The molecule has 0 saturated carbocycles. The second kappa shape index (κ2) is 11.3. The third kappa shape index (κ3) is 5.67. The van der Waals surface area contributed by atoms with E-state index in [1.807, 2.05) is 68.4 Å². The Kier molecular flexibility index (Phi) is 7.94. The van der Waals surface area contributed by atoms with Gasteiger partial charge in [0.1, 0.15) is 18.1 Å². The van der Waals surface area contributed by atoms with Gasteiger partial charge in [0.2, 0.25) is 0 Å². The van der Waals surface area contributed by atoms with Crippen molar-refractivity contribution in [3.05, 3.63) is 101 Å². The fourth-order valence-electron chi connectivity index (χ4n) is 4.43. The molecule has 1 aliphatic rings. The van der Waals surface area contributed by atoms with E-state index < -0.39 is 17.7 Å². The van der Waals surface area contributed by atoms with Crippen LogP contribution in [0.5, 0.6) is 5.75 Å². The Bertz CT molecular complexity index is 1300. The van der Waals surface area contributed by atoms with Crippen LogP contribution in [0.2, 0.25) is 0 Å². The zero-order chi connectivity index (χ0) is 26.5. The number of nitrogens with zero attached hydrogens (tertiary/aromatic N) is 2. The number of methoxy groups -OCH3 is 1. The van der Waals surface area contributed by atoms with E-state index in [1.54, 1.807) is 31.4 Å². The second-order valence-electron chi connectivity index (χ2n) is 9.27. The van der Waals surface area contributed by atoms with E-state index in [0.717, 1.165) is 22.4 Å². The largest absolute Gasteiger partial charge is 0.507 e. The van der Waals surface area contributed by atoms with Crippen molar-refractivity contribution >= 4 is 23.1 Å². The number of likely N-dealkylation sites (tertiary alicyclic amines) is 1. The molecule has 1 saturated heterocycles. The van der Waals surface area contributed by atoms with Crippen LogP contribution in [0.25, 0.3) is 5.76 Å². The van der Waals surface area contributed by atoms with Gasteiger partial charge in [-0.1, -0.05) is 42.0 Å². The van der Waals surface area contributed by atoms with Gasteiger partial charge in [0.25, 0.3) is 11.7 Å². The fourth-order valence-corrected chi connectivity index (χ4v) is 4.43. The smallest absolute Gasteiger partial charge is 0.295 e. The molecule has 0 aliphatic carbocycles. The Morgan fingerprint density at radius 3 is 2.32 bits per heavy atom. The Labute approximate surface area is 217 Å². The van der Waals surface area contributed by atoms with Crippen molar-refractivity contribution in [3.8, 4) is 5.75 Å². The molecule has 7 nitrogen and oxygen atoms in total. The molecular weight excluding hydrogens is 468 g/mol. The van der Waals surface area contributed by atoms with Gasteiger partial charge in [0.05, 0.1) is 18.2 Å². The van der Waals surface area contributed by atoms with Crippen molar-refractivity contribution in [1.82, 2.24) is 4.90 Å². The third-order valence-electron chi connectivity index (χ3n) is 6.42. The first kappa shape index (κ1) is 26.0. The molecule has 1 aliphatic heterocycles. The third-order valence-corrected chi connectivity index (χ3v) is 6.42. The van der Waals surface area contributed by atoms with Crippen molar-refractivity contribution in [2.24, 2.45) is 0 Å². The van der Waals surface area contributed by atoms with Gasteiger partial charge in [-0.2, -0.15) is 0 Å². The number of carbonyl (C=O) groups is 2. The van der Waals surface area contributed by atoms with E-state index in [-0.39, 0.29) is 24.5 Å². The van der Waals surface area contributed by atoms with Crippen LogP contribution in [0.1, 0.15) is 28.3 Å². The number of ether oxygens (including phenoxy) is 2. The maximum atomic E-state index is 13.1. The molecule has 7 heteroatoms. The van der Waals surface area contributed by atoms with E-state index >= 15 is 0 Å². The first-order valence-electron chi connectivity index (χ1n) is 12.1. The van der Waals surface area contributed by atoms with Crippen LogP contribution >= 0.6 is 0 Å². The van der Waals surface area contributed by atoms with Gasteiger partial charge in [0.15, 0.2) is 0 Å². The number of hydrogen-bond acceptors (Lipinski definition) is 6. The average molecular weight is 501 g/mol. The molecule has 1 unspecified atom stereocenters. The second-order valence-corrected chi connectivity index (χ2v) is 9.27. The molecule has 0 radical (unpaired) electrons. The van der Waals surface area contributed by atoms with Gasteiger partial charge >= 0.3 is 0 Å². The topological polar surface area (TPSA) is 79.3 Å². The number of ketones is 1. The SMILES string of the molecule is COCCN1C(=O)C(=O)/C(=C(/O)c2ccc(OCc3cccc(C)c3)cc2)C1c1ccc(N(C)C)cc1. The Morgan fingerprint density at radius 2 is 1.70 bits per heavy atom. The highest BCUT2D eigenvalue weighted by Crippen LogP contribution is 2.39. The summed E-state index contributed by atoms with van der Waals surface area (Å²) in [7, 11) is 5.42. The summed E-state index contributed by atoms with van der Waals surface area (Å²) >= 11 is 0. The first-order chi connectivity index (χ1) is 17.8. The zero-order valence-corrected chi connectivity index (χ0v) is 21.6. The van der Waals surface area contributed by atoms with E-state index in [9.17, 15) is 14.7 Å². The van der Waals surface area contributed by atoms with Gasteiger partial charge < -0.3 is 24.4 Å². The summed E-state index contributed by atoms with van der Waals surface area (Å²) in [5, 5.41) is 11.3. The maximum absolute atomic E-state index is 13.1. The van der Waals surface area contributed by atoms with Crippen LogP contribution < -0.4 is 9.64 Å². The molecule has 0 aromatic heterocycles. The number of benzene rings is 3. The molecule has 1 atom stereocenters. The Hall–Kier alpha value is -4.10. The minimum absolute atomic E-state index is 0.0622. The summed E-state index contributed by atoms with van der Waals surface area (Å²) in [6, 6.07) is 21.8. The summed E-state index contributed by atoms with van der Waals surface area (Å²) in [5.74, 6) is -0.951. The number of amides is 1. The molecule has 37 heavy (non-hydrogen) atoms. The monoisotopic (exact) mass is 500 g/mol. The van der Waals surface area contributed by atoms with E-state index in [4.69, 9.17) is 9.47 Å². The maximum Gasteiger partial charge on any atom is 0.295 e. The quantitative estimate of drug-likeness (QED) is 0.261. The molecule has 0 spiro atoms. The van der Waals surface area contributed by atoms with Crippen LogP contribution in [0.4, 0.5) is 5.69 Å². The van der Waals surface area contributed by atoms with Crippen molar-refractivity contribution in [1.29, 1.82) is 0 Å². The number of aliphatic hydroxyl groups excluding tert-OH is 1. The molecule has 1 heterocycles. The van der Waals surface area contributed by atoms with Gasteiger partial charge in [-0.15, -0.1) is 0 Å². The van der Waals surface area contributed by atoms with Crippen LogP contribution in [0, 0.1) is 6.92 Å². The average Bonchev–Trinajstić information content (AvgIpc) is 3.15. The highest BCUT2D eigenvalue weighted by atomic mass is 16.5. The van der Waals surface area contributed by atoms with Gasteiger partial charge in [-0.3, -0.25) is 9.59 Å². The zero-order valence-electron chi connectivity index (χ0n) is 21.6. The van der Waals surface area contributed by atoms with Crippen LogP contribution in [0.15, 0.2) is 78.4 Å². The molecule has 1 fully saturated rings. The van der Waals surface area contributed by atoms with Gasteiger partial charge in [-0.25, -0.2) is 0 Å². The predicted octanol–water partition coefficient (Wildman–Crippen LogP) is 4.71. The minimum atomic E-state index is -0.719. The van der Waals surface area contributed by atoms with Gasteiger partial charge in [-0.05, 0) is 54.4 Å². The van der Waals surface area contributed by atoms with Gasteiger partial charge in [0, 0.05) is 39.0 Å². The minimum Gasteiger partial charge on any atom is -0.507 e. The molecule has 0 bridgehead atoms. The fraction of sp³-hybridized carbons (Fsp3) is 0.267. The number of aryl methyl sites for hydroxylation is 1. The summed E-state index contributed by atoms with van der Waals surface area (Å²) in [6.07, 6.45) is 0. The highest BCUT2D eigenvalue weighted by Gasteiger charge is 2.45. The summed E-state index contributed by atoms with van der Waals surface area (Å²) < 4.78 is 11.1. The molecule has 1 amide bonds. The molecule has 3 aromatic carbocycles. The van der Waals surface area contributed by atoms with E-state index in [2.05, 4.69) is 6.07 Å². The molecule has 4 rings (SSSR count). The number of hydrogen-bond donors (Lipinski definition) is 1. The number of Topliss-reactive ketones (excluding diaryl/α,β-unsaturated/α-hetero) is 1. The lowest BCUT2D eigenvalue weighted by molar-refractivity contribution is -0.140. The molecule has 1 N–H and O–H groups in total. The Morgan fingerprint density at radius 1 is 1.00 bits per heavy atom. The lowest BCUT2D eigenvalue weighted by Gasteiger charge is -2.25. The summed E-state index contributed by atoms with van der Waals surface area (Å²) in [5.41, 5.74) is 4.44. The van der Waals surface area contributed by atoms with Crippen molar-refractivity contribution in [2.45, 2.75) is 19.6 Å². The normalized spacial score (nSPS) is 16.8. The number of carbonyl (C=O) groups excluding carboxylic acids is 2. The van der Waals surface area contributed by atoms with Crippen molar-refractivity contribution in [3.63, 3.8) is 0 Å². The molecular formula is C30H32N2O5. The van der Waals surface area contributed by atoms with E-state index in [1.165, 1.54) is 4.90 Å². The van der Waals surface area contributed by atoms with E-state index in [0.29, 0.717) is 17.9 Å². The number of aliphatic hydroxyl groups is 1. The lowest BCUT2D eigenvalue weighted by atomic mass is 9.95. The summed E-state index contributed by atoms with van der Waals surface area (Å²) in [6.45, 7) is 2.94. The summed E-state index contributed by atoms with van der Waals surface area (Å²) in [4.78, 5) is 29.5. The first-order valence-corrected chi connectivity index (χ1v) is 12.1. The lowest BCUT2D eigenvalue weighted by Crippen LogP contribution is -2.32. The van der Waals surface area contributed by atoms with Crippen LogP contribution in [0.3, 0.4) is 0 Å².